The molecule has 0 unspecified atom stereocenters. The third-order valence-corrected chi connectivity index (χ3v) is 7.84. The predicted octanol–water partition coefficient (Wildman–Crippen LogP) is 3.54. The summed E-state index contributed by atoms with van der Waals surface area (Å²) < 4.78 is 28.1. The lowest BCUT2D eigenvalue weighted by Gasteiger charge is -2.32. The van der Waals surface area contributed by atoms with E-state index in [0.717, 1.165) is 13.1 Å². The van der Waals surface area contributed by atoms with Gasteiger partial charge in [0, 0.05) is 37.3 Å². The number of likely N-dealkylation sites (N-methyl/N-ethyl adjacent to an activating group) is 1. The highest BCUT2D eigenvalue weighted by molar-refractivity contribution is 7.85. The third kappa shape index (κ3) is 4.03. The molecule has 2 aliphatic rings. The molecule has 2 aliphatic heterocycles. The highest BCUT2D eigenvalue weighted by Crippen LogP contribution is 2.36. The molecule has 3 aromatic rings. The van der Waals surface area contributed by atoms with Crippen LogP contribution in [0.2, 0.25) is 0 Å². The molecule has 0 aliphatic carbocycles. The number of carbonyl (C=O) groups excluding carboxylic acids is 2. The molecule has 0 radical (unpaired) electrons. The van der Waals surface area contributed by atoms with Crippen LogP contribution in [0.3, 0.4) is 0 Å². The van der Waals surface area contributed by atoms with Gasteiger partial charge < -0.3 is 14.7 Å². The van der Waals surface area contributed by atoms with Crippen molar-refractivity contribution in [3.05, 3.63) is 89.2 Å². The van der Waals surface area contributed by atoms with E-state index in [1.165, 1.54) is 11.0 Å². The first-order valence-corrected chi connectivity index (χ1v) is 12.3. The lowest BCUT2D eigenvalue weighted by atomic mass is 10.1. The molecule has 3 aromatic carbocycles. The monoisotopic (exact) mass is 477 g/mol. The van der Waals surface area contributed by atoms with Gasteiger partial charge in [0.05, 0.1) is 38.4 Å². The van der Waals surface area contributed by atoms with Crippen molar-refractivity contribution in [2.24, 2.45) is 0 Å². The maximum absolute atomic E-state index is 14.5. The number of amides is 2. The minimum absolute atomic E-state index is 0.0454. The summed E-state index contributed by atoms with van der Waals surface area (Å²) >= 11 is 0. The Hall–Kier alpha value is -3.36. The van der Waals surface area contributed by atoms with Crippen molar-refractivity contribution < 1.29 is 18.2 Å². The molecule has 8 heteroatoms. The van der Waals surface area contributed by atoms with Gasteiger partial charge in [0.25, 0.3) is 11.8 Å². The molecule has 1 fully saturated rings. The molecule has 0 aromatic heterocycles. The summed E-state index contributed by atoms with van der Waals surface area (Å²) in [6, 6.07) is 18.0. The first kappa shape index (κ1) is 22.4. The molecule has 2 amide bonds. The summed E-state index contributed by atoms with van der Waals surface area (Å²) in [5.41, 5.74) is 1.42. The second kappa shape index (κ2) is 9.12. The van der Waals surface area contributed by atoms with Crippen LogP contribution in [-0.2, 0) is 17.3 Å². The van der Waals surface area contributed by atoms with Crippen LogP contribution in [0.15, 0.2) is 76.5 Å². The highest BCUT2D eigenvalue weighted by Gasteiger charge is 2.32. The third-order valence-electron chi connectivity index (χ3n) is 6.34. The van der Waals surface area contributed by atoms with Gasteiger partial charge in [-0.1, -0.05) is 30.3 Å². The molecule has 0 N–H and O–H groups in total. The molecular weight excluding hydrogens is 453 g/mol. The van der Waals surface area contributed by atoms with Crippen LogP contribution in [0.4, 0.5) is 10.1 Å². The van der Waals surface area contributed by atoms with Crippen molar-refractivity contribution >= 4 is 28.3 Å². The SMILES string of the molecule is CN1CCN(C(=O)c2ccc3c(c2)N(Cc2ccccc2F)C(=O)c2ccccc2[S@]3=O)CC1. The van der Waals surface area contributed by atoms with Gasteiger partial charge in [-0.3, -0.25) is 9.59 Å². The minimum Gasteiger partial charge on any atom is -0.336 e. The zero-order chi connectivity index (χ0) is 23.8. The zero-order valence-corrected chi connectivity index (χ0v) is 19.6. The topological polar surface area (TPSA) is 60.9 Å². The Bertz CT molecular complexity index is 1300. The fraction of sp³-hybridized carbons (Fsp3) is 0.231. The minimum atomic E-state index is -1.63. The van der Waals surface area contributed by atoms with Gasteiger partial charge in [0.1, 0.15) is 5.82 Å². The molecule has 1 saturated heterocycles. The van der Waals surface area contributed by atoms with E-state index in [4.69, 9.17) is 0 Å². The second-order valence-electron chi connectivity index (χ2n) is 8.53. The average Bonchev–Trinajstić information content (AvgIpc) is 2.94. The van der Waals surface area contributed by atoms with E-state index in [0.29, 0.717) is 45.3 Å². The number of benzene rings is 3. The summed E-state index contributed by atoms with van der Waals surface area (Å²) in [4.78, 5) is 33.1. The van der Waals surface area contributed by atoms with Crippen molar-refractivity contribution in [3.8, 4) is 0 Å². The highest BCUT2D eigenvalue weighted by atomic mass is 32.2. The normalized spacial score (nSPS) is 18.3. The van der Waals surface area contributed by atoms with Crippen molar-refractivity contribution in [3.63, 3.8) is 0 Å². The Morgan fingerprint density at radius 2 is 1.65 bits per heavy atom. The standard InChI is InChI=1S/C26H24FN3O3S/c1-28-12-14-29(15-13-28)25(31)18-10-11-24-22(16-18)30(17-19-6-2-4-8-21(19)27)26(32)20-7-3-5-9-23(20)34(24)33/h2-11,16H,12-15,17H2,1H3/t34-/m1/s1. The van der Waals surface area contributed by atoms with Gasteiger partial charge in [0.15, 0.2) is 0 Å². The van der Waals surface area contributed by atoms with E-state index >= 15 is 0 Å². The first-order valence-electron chi connectivity index (χ1n) is 11.1. The first-order chi connectivity index (χ1) is 16.4. The van der Waals surface area contributed by atoms with Gasteiger partial charge in [-0.25, -0.2) is 8.60 Å². The van der Waals surface area contributed by atoms with Crippen molar-refractivity contribution in [2.75, 3.05) is 38.1 Å². The molecule has 0 spiro atoms. The van der Waals surface area contributed by atoms with Gasteiger partial charge in [-0.05, 0) is 43.4 Å². The summed E-state index contributed by atoms with van der Waals surface area (Å²) in [5, 5.41) is 0. The Labute approximate surface area is 200 Å². The fourth-order valence-corrected chi connectivity index (χ4v) is 5.69. The summed E-state index contributed by atoms with van der Waals surface area (Å²) in [7, 11) is 0.386. The molecule has 5 rings (SSSR count). The molecule has 1 atom stereocenters. The summed E-state index contributed by atoms with van der Waals surface area (Å²) in [6.07, 6.45) is 0. The van der Waals surface area contributed by atoms with E-state index < -0.39 is 16.6 Å². The molecule has 0 saturated carbocycles. The van der Waals surface area contributed by atoms with Crippen molar-refractivity contribution in [1.29, 1.82) is 0 Å². The summed E-state index contributed by atoms with van der Waals surface area (Å²) in [5.74, 6) is -0.947. The van der Waals surface area contributed by atoms with E-state index in [9.17, 15) is 18.2 Å². The average molecular weight is 478 g/mol. The number of halogens is 1. The van der Waals surface area contributed by atoms with Gasteiger partial charge >= 0.3 is 0 Å². The van der Waals surface area contributed by atoms with Gasteiger partial charge in [0.2, 0.25) is 0 Å². The smallest absolute Gasteiger partial charge is 0.259 e. The maximum atomic E-state index is 14.5. The maximum Gasteiger partial charge on any atom is 0.259 e. The van der Waals surface area contributed by atoms with Crippen LogP contribution < -0.4 is 4.90 Å². The van der Waals surface area contributed by atoms with Crippen LogP contribution in [0.5, 0.6) is 0 Å². The molecule has 0 bridgehead atoms. The number of fused-ring (bicyclic) bond motifs is 2. The Morgan fingerprint density at radius 1 is 0.941 bits per heavy atom. The number of hydrogen-bond acceptors (Lipinski definition) is 4. The van der Waals surface area contributed by atoms with E-state index in [2.05, 4.69) is 4.90 Å². The quantitative estimate of drug-likeness (QED) is 0.579. The van der Waals surface area contributed by atoms with E-state index in [1.54, 1.807) is 65.6 Å². The molecule has 2 heterocycles. The van der Waals surface area contributed by atoms with Crippen LogP contribution in [0, 0.1) is 5.82 Å². The Balaban J connectivity index is 1.61. The van der Waals surface area contributed by atoms with Crippen molar-refractivity contribution in [1.82, 2.24) is 9.80 Å². The largest absolute Gasteiger partial charge is 0.336 e. The number of piperazine rings is 1. The van der Waals surface area contributed by atoms with E-state index in [1.807, 2.05) is 7.05 Å². The molecular formula is C26H24FN3O3S. The van der Waals surface area contributed by atoms with Crippen LogP contribution in [0.1, 0.15) is 26.3 Å². The van der Waals surface area contributed by atoms with Crippen LogP contribution in [-0.4, -0.2) is 59.0 Å². The van der Waals surface area contributed by atoms with Crippen LogP contribution in [0.25, 0.3) is 0 Å². The Morgan fingerprint density at radius 3 is 2.41 bits per heavy atom. The van der Waals surface area contributed by atoms with Crippen molar-refractivity contribution in [2.45, 2.75) is 16.3 Å². The number of anilines is 1. The molecule has 6 nitrogen and oxygen atoms in total. The van der Waals surface area contributed by atoms with Gasteiger partial charge in [-0.15, -0.1) is 0 Å². The molecule has 174 valence electrons. The second-order valence-corrected chi connectivity index (χ2v) is 9.94. The lowest BCUT2D eigenvalue weighted by Crippen LogP contribution is -2.47. The zero-order valence-electron chi connectivity index (χ0n) is 18.7. The number of hydrogen-bond donors (Lipinski definition) is 0. The predicted molar refractivity (Wildman–Crippen MR) is 128 cm³/mol. The summed E-state index contributed by atoms with van der Waals surface area (Å²) in [6.45, 7) is 2.75. The number of carbonyl (C=O) groups is 2. The van der Waals surface area contributed by atoms with Gasteiger partial charge in [-0.2, -0.15) is 0 Å². The molecule has 34 heavy (non-hydrogen) atoms. The van der Waals surface area contributed by atoms with E-state index in [-0.39, 0.29) is 18.4 Å². The van der Waals surface area contributed by atoms with Crippen LogP contribution >= 0.6 is 0 Å². The lowest BCUT2D eigenvalue weighted by molar-refractivity contribution is 0.0663. The fourth-order valence-electron chi connectivity index (χ4n) is 4.34. The Kier molecular flexibility index (Phi) is 6.02. The number of rotatable bonds is 3. The number of nitrogens with zero attached hydrogens (tertiary/aromatic N) is 3.